The highest BCUT2D eigenvalue weighted by Crippen LogP contribution is 2.54. The van der Waals surface area contributed by atoms with Crippen molar-refractivity contribution in [3.63, 3.8) is 0 Å². The van der Waals surface area contributed by atoms with Gasteiger partial charge in [0.15, 0.2) is 0 Å². The Balaban J connectivity index is 0.939. The molecule has 17 rings (SSSR count). The van der Waals surface area contributed by atoms with E-state index in [1.807, 2.05) is 0 Å². The van der Waals surface area contributed by atoms with Crippen LogP contribution in [-0.2, 0) is 0 Å². The van der Waals surface area contributed by atoms with E-state index in [1.165, 1.54) is 43.1 Å². The van der Waals surface area contributed by atoms with E-state index >= 15 is 0 Å². The van der Waals surface area contributed by atoms with Crippen LogP contribution in [0.3, 0.4) is 0 Å². The molecule has 0 amide bonds. The molecule has 0 aliphatic carbocycles. The van der Waals surface area contributed by atoms with E-state index in [4.69, 9.17) is 0 Å². The molecule has 0 bridgehead atoms. The van der Waals surface area contributed by atoms with Gasteiger partial charge in [-0.25, -0.2) is 4.85 Å². The van der Waals surface area contributed by atoms with Crippen LogP contribution >= 0.6 is 0 Å². The normalized spacial score (nSPS) is 11.7. The lowest BCUT2D eigenvalue weighted by Crippen LogP contribution is -2.01. The standard InChI is InChI=1S/C80H48N6/c1-82-80-67(50-81)76(51-34-42-55(43-35-51)83-68-26-10-2-18-59(68)60-19-3-11-27-69(60)83)77(52-36-44-56(45-37-52)84-70-28-12-4-20-61(70)62-21-5-13-29-71(62)84)78(53-38-46-57(47-39-53)85-72-30-14-6-22-63(72)64-23-7-15-31-73(64)85)79(80)54-40-48-58(49-41-54)86-74-32-16-8-24-65(74)66-25-9-17-33-75(66)86/h2-49H. The molecular weight excluding hydrogens is 1040 g/mol. The summed E-state index contributed by atoms with van der Waals surface area (Å²) in [7, 11) is 0. The SMILES string of the molecule is [C-]#[N+]c1c(C#N)c(-c2ccc(-n3c4ccccc4c4ccccc43)cc2)c(-c2ccc(-n3c4ccccc4c4ccccc43)cc2)c(-c2ccc(-n3c4ccccc4c4ccccc43)cc2)c1-c1ccc(-n2c3ccccc3c3ccccc32)cc1. The van der Waals surface area contributed by atoms with Crippen LogP contribution in [0.25, 0.3) is 159 Å². The van der Waals surface area contributed by atoms with Gasteiger partial charge in [0.2, 0.25) is 5.69 Å². The smallest absolute Gasteiger partial charge is 0.213 e. The molecule has 4 heterocycles. The molecule has 0 spiro atoms. The first-order valence-corrected chi connectivity index (χ1v) is 29.0. The zero-order valence-corrected chi connectivity index (χ0v) is 46.4. The molecule has 0 saturated carbocycles. The summed E-state index contributed by atoms with van der Waals surface area (Å²) < 4.78 is 9.30. The summed E-state index contributed by atoms with van der Waals surface area (Å²) in [6.45, 7) is 9.27. The van der Waals surface area contributed by atoms with Gasteiger partial charge in [-0.2, -0.15) is 5.26 Å². The first-order chi connectivity index (χ1) is 42.6. The largest absolute Gasteiger partial charge is 0.309 e. The molecule has 0 aliphatic rings. The number of nitrogens with zero attached hydrogens (tertiary/aromatic N) is 6. The van der Waals surface area contributed by atoms with E-state index in [0.29, 0.717) is 22.4 Å². The highest BCUT2D eigenvalue weighted by molar-refractivity contribution is 6.14. The van der Waals surface area contributed by atoms with Crippen molar-refractivity contribution in [2.45, 2.75) is 0 Å². The Kier molecular flexibility index (Phi) is 11.0. The fourth-order valence-corrected chi connectivity index (χ4v) is 14.0. The van der Waals surface area contributed by atoms with Crippen molar-refractivity contribution in [3.8, 4) is 73.3 Å². The van der Waals surface area contributed by atoms with Crippen molar-refractivity contribution in [1.29, 1.82) is 5.26 Å². The number of rotatable bonds is 8. The number of hydrogen-bond acceptors (Lipinski definition) is 1. The van der Waals surface area contributed by atoms with Gasteiger partial charge in [0.25, 0.3) is 0 Å². The van der Waals surface area contributed by atoms with Crippen molar-refractivity contribution >= 4 is 92.9 Å². The van der Waals surface area contributed by atoms with E-state index in [2.05, 4.69) is 320 Å². The highest BCUT2D eigenvalue weighted by atomic mass is 15.0. The fourth-order valence-electron chi connectivity index (χ4n) is 14.0. The third kappa shape index (κ3) is 7.24. The number of para-hydroxylation sites is 8. The molecule has 4 aromatic heterocycles. The lowest BCUT2D eigenvalue weighted by molar-refractivity contribution is 1.18. The molecule has 0 saturated heterocycles. The lowest BCUT2D eigenvalue weighted by Gasteiger charge is -2.25. The third-order valence-electron chi connectivity index (χ3n) is 17.7. The number of fused-ring (bicyclic) bond motifs is 12. The van der Waals surface area contributed by atoms with Crippen LogP contribution in [0.2, 0.25) is 0 Å². The summed E-state index contributed by atoms with van der Waals surface area (Å²) in [5, 5.41) is 21.4. The van der Waals surface area contributed by atoms with Gasteiger partial charge in [0, 0.05) is 65.8 Å². The van der Waals surface area contributed by atoms with Crippen LogP contribution in [0.15, 0.2) is 291 Å². The fraction of sp³-hybridized carbons (Fsp3) is 0. The van der Waals surface area contributed by atoms with E-state index in [0.717, 1.165) is 100 Å². The minimum atomic E-state index is 0.297. The molecular formula is C80H48N6. The number of benzene rings is 13. The monoisotopic (exact) mass is 1090 g/mol. The van der Waals surface area contributed by atoms with Gasteiger partial charge in [0.05, 0.1) is 62.3 Å². The zero-order chi connectivity index (χ0) is 57.0. The minimum absolute atomic E-state index is 0.297. The maximum atomic E-state index is 11.9. The minimum Gasteiger partial charge on any atom is -0.309 e. The van der Waals surface area contributed by atoms with Crippen molar-refractivity contribution in [2.24, 2.45) is 0 Å². The van der Waals surface area contributed by atoms with Gasteiger partial charge in [-0.1, -0.05) is 194 Å². The van der Waals surface area contributed by atoms with E-state index < -0.39 is 0 Å². The van der Waals surface area contributed by atoms with Crippen LogP contribution in [0, 0.1) is 17.9 Å². The molecule has 6 nitrogen and oxygen atoms in total. The number of nitriles is 1. The van der Waals surface area contributed by atoms with E-state index in [1.54, 1.807) is 0 Å². The van der Waals surface area contributed by atoms with E-state index in [-0.39, 0.29) is 0 Å². The third-order valence-corrected chi connectivity index (χ3v) is 17.7. The molecule has 6 heteroatoms. The van der Waals surface area contributed by atoms with Crippen LogP contribution < -0.4 is 0 Å². The molecule has 0 atom stereocenters. The van der Waals surface area contributed by atoms with Crippen LogP contribution in [0.1, 0.15) is 5.56 Å². The van der Waals surface area contributed by atoms with Crippen LogP contribution in [0.4, 0.5) is 5.69 Å². The highest BCUT2D eigenvalue weighted by Gasteiger charge is 2.29. The Hall–Kier alpha value is -12.0. The number of aromatic nitrogens is 4. The Morgan fingerprint density at radius 2 is 0.442 bits per heavy atom. The molecule has 17 aromatic rings. The molecule has 86 heavy (non-hydrogen) atoms. The van der Waals surface area contributed by atoms with Gasteiger partial charge >= 0.3 is 0 Å². The van der Waals surface area contributed by atoms with Gasteiger partial charge in [0.1, 0.15) is 0 Å². The first-order valence-electron chi connectivity index (χ1n) is 29.0. The lowest BCUT2D eigenvalue weighted by atomic mass is 9.79. The second kappa shape index (κ2) is 19.3. The summed E-state index contributed by atoms with van der Waals surface area (Å²) in [5.74, 6) is 0. The average Bonchev–Trinajstić information content (AvgIpc) is 2.23. The van der Waals surface area contributed by atoms with Gasteiger partial charge in [-0.3, -0.25) is 0 Å². The molecule has 0 N–H and O–H groups in total. The second-order valence-electron chi connectivity index (χ2n) is 22.1. The molecule has 13 aromatic carbocycles. The second-order valence-corrected chi connectivity index (χ2v) is 22.1. The molecule has 0 aliphatic heterocycles. The maximum Gasteiger partial charge on any atom is 0.213 e. The molecule has 0 fully saturated rings. The quantitative estimate of drug-likeness (QED) is 0.140. The number of hydrogen-bond donors (Lipinski definition) is 0. The van der Waals surface area contributed by atoms with Crippen molar-refractivity contribution in [3.05, 3.63) is 308 Å². The van der Waals surface area contributed by atoms with Crippen molar-refractivity contribution in [1.82, 2.24) is 18.3 Å². The summed E-state index contributed by atoms with van der Waals surface area (Å²) in [6, 6.07) is 106. The Bertz CT molecular complexity index is 5130. The summed E-state index contributed by atoms with van der Waals surface area (Å²) in [4.78, 5) is 4.45. The summed E-state index contributed by atoms with van der Waals surface area (Å²) in [6.07, 6.45) is 0. The predicted molar refractivity (Wildman–Crippen MR) is 357 cm³/mol. The van der Waals surface area contributed by atoms with Crippen LogP contribution in [-0.4, -0.2) is 18.3 Å². The van der Waals surface area contributed by atoms with E-state index in [9.17, 15) is 11.8 Å². The van der Waals surface area contributed by atoms with Crippen molar-refractivity contribution in [2.75, 3.05) is 0 Å². The van der Waals surface area contributed by atoms with Gasteiger partial charge in [-0.15, -0.1) is 0 Å². The summed E-state index contributed by atoms with van der Waals surface area (Å²) >= 11 is 0. The van der Waals surface area contributed by atoms with Crippen molar-refractivity contribution < 1.29 is 0 Å². The average molecular weight is 1090 g/mol. The first kappa shape index (κ1) is 48.7. The summed E-state index contributed by atoms with van der Waals surface area (Å²) in [5.41, 5.74) is 20.1. The Morgan fingerprint density at radius 3 is 0.663 bits per heavy atom. The van der Waals surface area contributed by atoms with Gasteiger partial charge in [-0.05, 0) is 142 Å². The zero-order valence-electron chi connectivity index (χ0n) is 46.4. The Morgan fingerprint density at radius 1 is 0.244 bits per heavy atom. The van der Waals surface area contributed by atoms with Crippen LogP contribution in [0.5, 0.6) is 0 Å². The molecule has 0 unspecified atom stereocenters. The Labute approximate surface area is 495 Å². The predicted octanol–water partition coefficient (Wildman–Crippen LogP) is 21.2. The molecule has 0 radical (unpaired) electrons. The maximum absolute atomic E-state index is 11.9. The molecule has 398 valence electrons. The topological polar surface area (TPSA) is 47.9 Å². The van der Waals surface area contributed by atoms with Gasteiger partial charge < -0.3 is 18.3 Å².